The molecule has 5 N–H and O–H groups in total. The number of carbonyl (C=O) groups excluding carboxylic acids is 1. The third kappa shape index (κ3) is 4.14. The van der Waals surface area contributed by atoms with E-state index in [0.717, 1.165) is 0 Å². The van der Waals surface area contributed by atoms with E-state index in [1.54, 1.807) is 0 Å². The van der Waals surface area contributed by atoms with Gasteiger partial charge in [0, 0.05) is 19.0 Å². The van der Waals surface area contributed by atoms with Crippen molar-refractivity contribution in [3.8, 4) is 0 Å². The molecule has 1 rings (SSSR count). The van der Waals surface area contributed by atoms with Crippen molar-refractivity contribution in [1.82, 2.24) is 10.3 Å². The van der Waals surface area contributed by atoms with Crippen LogP contribution in [0, 0.1) is 0 Å². The molecule has 0 saturated heterocycles. The number of halogens is 1. The Kier molecular flexibility index (Phi) is 5.33. The van der Waals surface area contributed by atoms with Crippen LogP contribution in [0.2, 0.25) is 5.15 Å². The maximum atomic E-state index is 10.7. The van der Waals surface area contributed by atoms with Gasteiger partial charge in [-0.2, -0.15) is 0 Å². The maximum absolute atomic E-state index is 10.7. The Balaban J connectivity index is 2.64. The van der Waals surface area contributed by atoms with Gasteiger partial charge in [-0.1, -0.05) is 11.6 Å². The second-order valence-corrected chi connectivity index (χ2v) is 4.29. The zero-order valence-electron chi connectivity index (χ0n) is 9.93. The summed E-state index contributed by atoms with van der Waals surface area (Å²) in [6.07, 6.45) is -0.686. The number of aliphatic hydroxyl groups is 2. The molecule has 6 nitrogen and oxygen atoms in total. The average Bonchev–Trinajstić information content (AvgIpc) is 2.30. The van der Waals surface area contributed by atoms with Gasteiger partial charge in [-0.3, -0.25) is 4.79 Å². The molecule has 0 bridgehead atoms. The number of anilines is 1. The standard InChI is InChI=1S/C11H16ClN3O3/c1-6(16)14-3-2-9(17)10(18)8-4-7(13)5-15-11(8)12/h4-5,9-10,17-18H,2-3,13H2,1H3,(H,14,16). The Morgan fingerprint density at radius 1 is 1.61 bits per heavy atom. The second kappa shape index (κ2) is 6.53. The molecule has 0 saturated carbocycles. The SMILES string of the molecule is CC(=O)NCCC(O)C(O)c1cc(N)cnc1Cl. The summed E-state index contributed by atoms with van der Waals surface area (Å²) < 4.78 is 0. The van der Waals surface area contributed by atoms with E-state index >= 15 is 0 Å². The number of rotatable bonds is 5. The summed E-state index contributed by atoms with van der Waals surface area (Å²) in [4.78, 5) is 14.5. The number of pyridine rings is 1. The highest BCUT2D eigenvalue weighted by Crippen LogP contribution is 2.26. The lowest BCUT2D eigenvalue weighted by atomic mass is 10.0. The first-order valence-electron chi connectivity index (χ1n) is 5.43. The van der Waals surface area contributed by atoms with Crippen molar-refractivity contribution < 1.29 is 15.0 Å². The molecule has 7 heteroatoms. The Morgan fingerprint density at radius 2 is 2.28 bits per heavy atom. The summed E-state index contributed by atoms with van der Waals surface area (Å²) in [5.41, 5.74) is 6.15. The van der Waals surface area contributed by atoms with Gasteiger partial charge in [0.2, 0.25) is 5.91 Å². The molecule has 0 spiro atoms. The van der Waals surface area contributed by atoms with Gasteiger partial charge in [0.1, 0.15) is 11.3 Å². The molecule has 2 unspecified atom stereocenters. The van der Waals surface area contributed by atoms with E-state index in [-0.39, 0.29) is 29.6 Å². The van der Waals surface area contributed by atoms with Crippen molar-refractivity contribution in [2.45, 2.75) is 25.6 Å². The van der Waals surface area contributed by atoms with E-state index in [1.165, 1.54) is 19.2 Å². The van der Waals surface area contributed by atoms with Crippen LogP contribution in [0.1, 0.15) is 25.0 Å². The molecule has 0 aliphatic rings. The fraction of sp³-hybridized carbons (Fsp3) is 0.455. The zero-order valence-corrected chi connectivity index (χ0v) is 10.7. The minimum absolute atomic E-state index is 0.0928. The molecule has 2 atom stereocenters. The highest BCUT2D eigenvalue weighted by Gasteiger charge is 2.21. The van der Waals surface area contributed by atoms with Crippen molar-refractivity contribution in [3.63, 3.8) is 0 Å². The highest BCUT2D eigenvalue weighted by atomic mass is 35.5. The van der Waals surface area contributed by atoms with Crippen LogP contribution in [-0.2, 0) is 4.79 Å². The summed E-state index contributed by atoms with van der Waals surface area (Å²) >= 11 is 5.81. The lowest BCUT2D eigenvalue weighted by Gasteiger charge is -2.19. The fourth-order valence-corrected chi connectivity index (χ4v) is 1.67. The maximum Gasteiger partial charge on any atom is 0.216 e. The fourth-order valence-electron chi connectivity index (χ4n) is 1.45. The van der Waals surface area contributed by atoms with Gasteiger partial charge in [-0.05, 0) is 12.5 Å². The highest BCUT2D eigenvalue weighted by molar-refractivity contribution is 6.30. The van der Waals surface area contributed by atoms with Gasteiger partial charge in [-0.15, -0.1) is 0 Å². The Hall–Kier alpha value is -1.37. The van der Waals surface area contributed by atoms with Gasteiger partial charge >= 0.3 is 0 Å². The van der Waals surface area contributed by atoms with Crippen LogP contribution in [0.3, 0.4) is 0 Å². The van der Waals surface area contributed by atoms with E-state index in [4.69, 9.17) is 17.3 Å². The largest absolute Gasteiger partial charge is 0.397 e. The summed E-state index contributed by atoms with van der Waals surface area (Å²) in [5.74, 6) is -0.194. The van der Waals surface area contributed by atoms with E-state index in [1.807, 2.05) is 0 Å². The lowest BCUT2D eigenvalue weighted by molar-refractivity contribution is -0.119. The number of carbonyl (C=O) groups is 1. The molecule has 1 amide bonds. The molecule has 1 aromatic heterocycles. The van der Waals surface area contributed by atoms with Crippen molar-refractivity contribution in [3.05, 3.63) is 23.0 Å². The first-order valence-corrected chi connectivity index (χ1v) is 5.81. The van der Waals surface area contributed by atoms with Crippen LogP contribution in [0.4, 0.5) is 5.69 Å². The van der Waals surface area contributed by atoms with Gasteiger partial charge in [-0.25, -0.2) is 4.98 Å². The number of nitrogens with two attached hydrogens (primary N) is 1. The zero-order chi connectivity index (χ0) is 13.7. The number of hydrogen-bond acceptors (Lipinski definition) is 5. The Labute approximate surface area is 110 Å². The van der Waals surface area contributed by atoms with E-state index in [2.05, 4.69) is 10.3 Å². The molecule has 0 aliphatic heterocycles. The molecular formula is C11H16ClN3O3. The number of nitrogen functional groups attached to an aromatic ring is 1. The molecule has 1 aromatic rings. The predicted octanol–water partition coefficient (Wildman–Crippen LogP) is 0.238. The monoisotopic (exact) mass is 273 g/mol. The predicted molar refractivity (Wildman–Crippen MR) is 67.9 cm³/mol. The number of amides is 1. The summed E-state index contributed by atoms with van der Waals surface area (Å²) in [5, 5.41) is 22.3. The van der Waals surface area contributed by atoms with E-state index < -0.39 is 12.2 Å². The third-order valence-corrected chi connectivity index (χ3v) is 2.70. The average molecular weight is 274 g/mol. The molecule has 1 heterocycles. The number of nitrogens with one attached hydrogen (secondary N) is 1. The first kappa shape index (κ1) is 14.7. The number of aromatic nitrogens is 1. The first-order chi connectivity index (χ1) is 8.41. The second-order valence-electron chi connectivity index (χ2n) is 3.93. The summed E-state index contributed by atoms with van der Waals surface area (Å²) in [6, 6.07) is 1.46. The van der Waals surface area contributed by atoms with Crippen molar-refractivity contribution in [2.24, 2.45) is 0 Å². The van der Waals surface area contributed by atoms with Gasteiger partial charge in [0.15, 0.2) is 0 Å². The van der Waals surface area contributed by atoms with Crippen molar-refractivity contribution in [2.75, 3.05) is 12.3 Å². The van der Waals surface area contributed by atoms with E-state index in [0.29, 0.717) is 5.69 Å². The van der Waals surface area contributed by atoms with Crippen molar-refractivity contribution >= 4 is 23.2 Å². The smallest absolute Gasteiger partial charge is 0.216 e. The molecule has 100 valence electrons. The van der Waals surface area contributed by atoms with Crippen LogP contribution in [-0.4, -0.2) is 33.8 Å². The normalized spacial score (nSPS) is 14.0. The van der Waals surface area contributed by atoms with E-state index in [9.17, 15) is 15.0 Å². The molecule has 0 aromatic carbocycles. The minimum atomic E-state index is -1.19. The van der Waals surface area contributed by atoms with Crippen LogP contribution in [0.5, 0.6) is 0 Å². The van der Waals surface area contributed by atoms with Crippen LogP contribution in [0.15, 0.2) is 12.3 Å². The van der Waals surface area contributed by atoms with Gasteiger partial charge in [0.25, 0.3) is 0 Å². The van der Waals surface area contributed by atoms with Gasteiger partial charge < -0.3 is 21.3 Å². The van der Waals surface area contributed by atoms with Gasteiger partial charge in [0.05, 0.1) is 18.0 Å². The molecule has 0 fully saturated rings. The number of hydrogen-bond donors (Lipinski definition) is 4. The van der Waals surface area contributed by atoms with Crippen LogP contribution >= 0.6 is 11.6 Å². The quantitative estimate of drug-likeness (QED) is 0.575. The lowest BCUT2D eigenvalue weighted by Crippen LogP contribution is -2.27. The number of nitrogens with zero attached hydrogens (tertiary/aromatic N) is 1. The summed E-state index contributed by atoms with van der Waals surface area (Å²) in [6.45, 7) is 1.64. The minimum Gasteiger partial charge on any atom is -0.397 e. The Bertz CT molecular complexity index is 428. The van der Waals surface area contributed by atoms with Crippen LogP contribution < -0.4 is 11.1 Å². The van der Waals surface area contributed by atoms with Crippen molar-refractivity contribution in [1.29, 1.82) is 0 Å². The molecule has 0 radical (unpaired) electrons. The topological polar surface area (TPSA) is 108 Å². The molecule has 0 aliphatic carbocycles. The number of aliphatic hydroxyl groups excluding tert-OH is 2. The molecule has 18 heavy (non-hydrogen) atoms. The molecular weight excluding hydrogens is 258 g/mol. The Morgan fingerprint density at radius 3 is 2.89 bits per heavy atom. The summed E-state index contributed by atoms with van der Waals surface area (Å²) in [7, 11) is 0. The van der Waals surface area contributed by atoms with Crippen LogP contribution in [0.25, 0.3) is 0 Å². The third-order valence-electron chi connectivity index (χ3n) is 2.38.